The normalized spacial score (nSPS) is 20.5. The third-order valence-electron chi connectivity index (χ3n) is 6.92. The van der Waals surface area contributed by atoms with Crippen molar-refractivity contribution in [1.29, 1.82) is 0 Å². The van der Waals surface area contributed by atoms with Crippen LogP contribution in [0.4, 0.5) is 0 Å². The fourth-order valence-electron chi connectivity index (χ4n) is 4.90. The average molecular weight is 450 g/mol. The van der Waals surface area contributed by atoms with Crippen molar-refractivity contribution in [2.75, 3.05) is 26.2 Å². The van der Waals surface area contributed by atoms with Gasteiger partial charge in [-0.25, -0.2) is 0 Å². The maximum atomic E-state index is 13.6. The smallest absolute Gasteiger partial charge is 0.264 e. The first-order valence-electron chi connectivity index (χ1n) is 12.0. The van der Waals surface area contributed by atoms with Crippen LogP contribution in [0.2, 0.25) is 0 Å². The first-order chi connectivity index (χ1) is 16.0. The highest BCUT2D eigenvalue weighted by atomic mass is 16.5. The maximum Gasteiger partial charge on any atom is 0.264 e. The Kier molecular flexibility index (Phi) is 6.06. The van der Waals surface area contributed by atoms with Crippen molar-refractivity contribution in [2.45, 2.75) is 51.8 Å². The maximum absolute atomic E-state index is 13.6. The van der Waals surface area contributed by atoms with Crippen LogP contribution in [0.3, 0.4) is 0 Å². The van der Waals surface area contributed by atoms with Crippen LogP contribution in [-0.4, -0.2) is 58.5 Å². The Labute approximate surface area is 193 Å². The van der Waals surface area contributed by atoms with E-state index in [9.17, 15) is 14.4 Å². The number of aromatic nitrogens is 1. The van der Waals surface area contributed by atoms with Crippen molar-refractivity contribution in [3.63, 3.8) is 0 Å². The molecule has 2 aliphatic heterocycles. The monoisotopic (exact) mass is 449 g/mol. The summed E-state index contributed by atoms with van der Waals surface area (Å²) in [7, 11) is 0. The molecule has 2 aromatic rings. The topological polar surface area (TPSA) is 71.9 Å². The van der Waals surface area contributed by atoms with Crippen molar-refractivity contribution in [2.24, 2.45) is 5.92 Å². The summed E-state index contributed by atoms with van der Waals surface area (Å²) >= 11 is 0. The highest BCUT2D eigenvalue weighted by Gasteiger charge is 2.33. The number of hydrogen-bond donors (Lipinski definition) is 0. The van der Waals surface area contributed by atoms with Gasteiger partial charge in [0.2, 0.25) is 5.91 Å². The van der Waals surface area contributed by atoms with Gasteiger partial charge in [0.25, 0.3) is 11.5 Å². The van der Waals surface area contributed by atoms with E-state index in [-0.39, 0.29) is 29.0 Å². The number of benzene rings is 1. The molecule has 7 nitrogen and oxygen atoms in total. The molecule has 1 unspecified atom stereocenters. The first kappa shape index (κ1) is 21.9. The molecule has 1 aliphatic carbocycles. The number of morpholine rings is 1. The zero-order chi connectivity index (χ0) is 22.9. The number of hydrogen-bond acceptors (Lipinski definition) is 4. The van der Waals surface area contributed by atoms with E-state index >= 15 is 0 Å². The van der Waals surface area contributed by atoms with Gasteiger partial charge in [0.05, 0.1) is 19.3 Å². The summed E-state index contributed by atoms with van der Waals surface area (Å²) in [6.45, 7) is 4.78. The SMILES string of the molecule is CC1CN(C(=O)c2c3c(cn(Cc4ccccc4)c2=O)CN(C(=O)CC2CC2)CC3)CCO1. The predicted molar refractivity (Wildman–Crippen MR) is 124 cm³/mol. The molecular formula is C26H31N3O4. The van der Waals surface area contributed by atoms with E-state index in [1.807, 2.05) is 48.4 Å². The highest BCUT2D eigenvalue weighted by Crippen LogP contribution is 2.33. The standard InChI is InChI=1S/C26H31N3O4/c1-18-14-28(11-12-33-18)25(31)24-22-9-10-27(23(30)13-19-7-8-19)16-21(22)17-29(26(24)32)15-20-5-3-2-4-6-20/h2-6,17-19H,7-16H2,1H3. The molecule has 1 atom stereocenters. The van der Waals surface area contributed by atoms with Gasteiger partial charge in [-0.15, -0.1) is 0 Å². The van der Waals surface area contributed by atoms with Gasteiger partial charge in [-0.3, -0.25) is 14.4 Å². The molecule has 0 spiro atoms. The lowest BCUT2D eigenvalue weighted by atomic mass is 9.95. The van der Waals surface area contributed by atoms with Crippen LogP contribution in [0.1, 0.15) is 53.2 Å². The number of pyridine rings is 1. The Morgan fingerprint density at radius 2 is 1.88 bits per heavy atom. The minimum atomic E-state index is -0.250. The molecule has 174 valence electrons. The van der Waals surface area contributed by atoms with Gasteiger partial charge < -0.3 is 19.1 Å². The second-order valence-electron chi connectivity index (χ2n) is 9.57. The van der Waals surface area contributed by atoms with Crippen LogP contribution >= 0.6 is 0 Å². The molecule has 33 heavy (non-hydrogen) atoms. The summed E-state index contributed by atoms with van der Waals surface area (Å²) in [6.07, 6.45) is 5.24. The predicted octanol–water partition coefficient (Wildman–Crippen LogP) is 2.44. The summed E-state index contributed by atoms with van der Waals surface area (Å²) in [4.78, 5) is 43.6. The molecule has 1 saturated carbocycles. The summed E-state index contributed by atoms with van der Waals surface area (Å²) in [5.74, 6) is 0.497. The molecule has 1 aromatic heterocycles. The minimum absolute atomic E-state index is 0.0516. The van der Waals surface area contributed by atoms with E-state index in [1.54, 1.807) is 9.47 Å². The van der Waals surface area contributed by atoms with Crippen LogP contribution in [-0.2, 0) is 29.0 Å². The van der Waals surface area contributed by atoms with Crippen LogP contribution in [0.15, 0.2) is 41.3 Å². The molecule has 3 heterocycles. The van der Waals surface area contributed by atoms with Gasteiger partial charge in [-0.05, 0) is 48.8 Å². The molecule has 2 amide bonds. The second-order valence-corrected chi connectivity index (χ2v) is 9.57. The number of carbonyl (C=O) groups is 2. The molecular weight excluding hydrogens is 418 g/mol. The zero-order valence-electron chi connectivity index (χ0n) is 19.2. The molecule has 7 heteroatoms. The molecule has 3 aliphatic rings. The van der Waals surface area contributed by atoms with Crippen molar-refractivity contribution in [3.05, 3.63) is 69.1 Å². The Bertz CT molecular complexity index is 1110. The minimum Gasteiger partial charge on any atom is -0.375 e. The summed E-state index contributed by atoms with van der Waals surface area (Å²) in [5.41, 5.74) is 2.73. The van der Waals surface area contributed by atoms with E-state index < -0.39 is 0 Å². The molecule has 1 saturated heterocycles. The Morgan fingerprint density at radius 3 is 2.61 bits per heavy atom. The van der Waals surface area contributed by atoms with Gasteiger partial charge >= 0.3 is 0 Å². The van der Waals surface area contributed by atoms with Crippen LogP contribution in [0.25, 0.3) is 0 Å². The number of fused-ring (bicyclic) bond motifs is 1. The highest BCUT2D eigenvalue weighted by molar-refractivity contribution is 5.96. The number of ether oxygens (including phenoxy) is 1. The van der Waals surface area contributed by atoms with E-state index in [1.165, 1.54) is 0 Å². The van der Waals surface area contributed by atoms with Gasteiger partial charge in [0.15, 0.2) is 0 Å². The van der Waals surface area contributed by atoms with E-state index in [4.69, 9.17) is 4.74 Å². The van der Waals surface area contributed by atoms with Crippen LogP contribution in [0, 0.1) is 5.92 Å². The lowest BCUT2D eigenvalue weighted by molar-refractivity contribution is -0.132. The summed E-state index contributed by atoms with van der Waals surface area (Å²) in [5, 5.41) is 0. The van der Waals surface area contributed by atoms with Crippen molar-refractivity contribution in [1.82, 2.24) is 14.4 Å². The molecule has 5 rings (SSSR count). The van der Waals surface area contributed by atoms with Crippen molar-refractivity contribution >= 4 is 11.8 Å². The fraction of sp³-hybridized carbons (Fsp3) is 0.500. The number of rotatable bonds is 5. The average Bonchev–Trinajstić information content (AvgIpc) is 3.63. The van der Waals surface area contributed by atoms with Crippen LogP contribution in [0.5, 0.6) is 0 Å². The molecule has 0 radical (unpaired) electrons. The Morgan fingerprint density at radius 1 is 1.09 bits per heavy atom. The Balaban J connectivity index is 1.51. The van der Waals surface area contributed by atoms with E-state index in [0.29, 0.717) is 58.1 Å². The quantitative estimate of drug-likeness (QED) is 0.703. The lowest BCUT2D eigenvalue weighted by Crippen LogP contribution is -2.48. The van der Waals surface area contributed by atoms with Gasteiger partial charge in [-0.1, -0.05) is 30.3 Å². The molecule has 0 N–H and O–H groups in total. The summed E-state index contributed by atoms with van der Waals surface area (Å²) < 4.78 is 7.23. The lowest BCUT2D eigenvalue weighted by Gasteiger charge is -2.34. The second kappa shape index (κ2) is 9.14. The van der Waals surface area contributed by atoms with Gasteiger partial charge in [0.1, 0.15) is 5.56 Å². The van der Waals surface area contributed by atoms with Crippen molar-refractivity contribution in [3.8, 4) is 0 Å². The van der Waals surface area contributed by atoms with Gasteiger partial charge in [0, 0.05) is 38.8 Å². The number of amides is 2. The van der Waals surface area contributed by atoms with Gasteiger partial charge in [-0.2, -0.15) is 0 Å². The first-order valence-corrected chi connectivity index (χ1v) is 12.0. The molecule has 1 aromatic carbocycles. The van der Waals surface area contributed by atoms with E-state index in [2.05, 4.69) is 0 Å². The Hall–Kier alpha value is -2.93. The summed E-state index contributed by atoms with van der Waals surface area (Å²) in [6, 6.07) is 9.78. The third kappa shape index (κ3) is 4.74. The zero-order valence-corrected chi connectivity index (χ0v) is 19.2. The number of nitrogens with zero attached hydrogens (tertiary/aromatic N) is 3. The van der Waals surface area contributed by atoms with Crippen LogP contribution < -0.4 is 5.56 Å². The molecule has 0 bridgehead atoms. The largest absolute Gasteiger partial charge is 0.375 e. The number of carbonyl (C=O) groups excluding carboxylic acids is 2. The third-order valence-corrected chi connectivity index (χ3v) is 6.92. The molecule has 2 fully saturated rings. The van der Waals surface area contributed by atoms with E-state index in [0.717, 1.165) is 29.5 Å². The van der Waals surface area contributed by atoms with Crippen molar-refractivity contribution < 1.29 is 14.3 Å². The fourth-order valence-corrected chi connectivity index (χ4v) is 4.90.